The minimum Gasteiger partial charge on any atom is -0.361 e. The number of aromatic nitrogens is 3. The number of aryl methyl sites for hydroxylation is 3. The van der Waals surface area contributed by atoms with Crippen LogP contribution in [0.4, 0.5) is 5.69 Å². The first-order chi connectivity index (χ1) is 11.1. The standard InChI is InChI=1S/C16H16N4O3/c1-4-13-14(9(2)22-19-13)16(21)18-12-7-5-6-11(8-12)15-17-10(3)23-20-15/h5-8H,4H2,1-3H3,(H,18,21). The summed E-state index contributed by atoms with van der Waals surface area (Å²) in [7, 11) is 0. The van der Waals surface area contributed by atoms with E-state index in [0.717, 1.165) is 5.56 Å². The van der Waals surface area contributed by atoms with E-state index in [1.54, 1.807) is 26.0 Å². The van der Waals surface area contributed by atoms with E-state index in [4.69, 9.17) is 9.05 Å². The second-order valence-corrected chi connectivity index (χ2v) is 5.09. The van der Waals surface area contributed by atoms with Gasteiger partial charge in [0.25, 0.3) is 5.91 Å². The van der Waals surface area contributed by atoms with Gasteiger partial charge in [-0.05, 0) is 25.5 Å². The molecule has 2 heterocycles. The maximum Gasteiger partial charge on any atom is 0.261 e. The van der Waals surface area contributed by atoms with Gasteiger partial charge in [-0.25, -0.2) is 0 Å². The molecule has 1 aromatic carbocycles. The monoisotopic (exact) mass is 312 g/mol. The number of hydrogen-bond donors (Lipinski definition) is 1. The predicted octanol–water partition coefficient (Wildman–Crippen LogP) is 3.16. The van der Waals surface area contributed by atoms with Gasteiger partial charge in [-0.3, -0.25) is 4.79 Å². The molecule has 0 aliphatic carbocycles. The summed E-state index contributed by atoms with van der Waals surface area (Å²) in [5.41, 5.74) is 2.52. The van der Waals surface area contributed by atoms with Crippen LogP contribution in [0.1, 0.15) is 34.6 Å². The summed E-state index contributed by atoms with van der Waals surface area (Å²) in [4.78, 5) is 16.6. The summed E-state index contributed by atoms with van der Waals surface area (Å²) < 4.78 is 10.1. The van der Waals surface area contributed by atoms with Crippen LogP contribution in [0.5, 0.6) is 0 Å². The first kappa shape index (κ1) is 15.0. The maximum absolute atomic E-state index is 12.5. The van der Waals surface area contributed by atoms with Gasteiger partial charge in [0.2, 0.25) is 11.7 Å². The normalized spacial score (nSPS) is 10.7. The highest BCUT2D eigenvalue weighted by Crippen LogP contribution is 2.21. The molecule has 0 bridgehead atoms. The van der Waals surface area contributed by atoms with Crippen LogP contribution in [0.15, 0.2) is 33.3 Å². The zero-order valence-electron chi connectivity index (χ0n) is 13.1. The Labute approximate surface area is 132 Å². The van der Waals surface area contributed by atoms with Crippen molar-refractivity contribution in [2.45, 2.75) is 27.2 Å². The van der Waals surface area contributed by atoms with Crippen LogP contribution in [0.25, 0.3) is 11.4 Å². The quantitative estimate of drug-likeness (QED) is 0.795. The smallest absolute Gasteiger partial charge is 0.261 e. The lowest BCUT2D eigenvalue weighted by atomic mass is 10.1. The highest BCUT2D eigenvalue weighted by molar-refractivity contribution is 6.05. The molecule has 23 heavy (non-hydrogen) atoms. The molecule has 2 aromatic heterocycles. The van der Waals surface area contributed by atoms with Crippen molar-refractivity contribution in [3.63, 3.8) is 0 Å². The summed E-state index contributed by atoms with van der Waals surface area (Å²) >= 11 is 0. The zero-order valence-corrected chi connectivity index (χ0v) is 13.1. The number of benzene rings is 1. The first-order valence-electron chi connectivity index (χ1n) is 7.25. The molecule has 3 rings (SSSR count). The fraction of sp³-hybridized carbons (Fsp3) is 0.250. The minimum atomic E-state index is -0.248. The molecular weight excluding hydrogens is 296 g/mol. The number of amides is 1. The maximum atomic E-state index is 12.5. The highest BCUT2D eigenvalue weighted by Gasteiger charge is 2.19. The Morgan fingerprint density at radius 2 is 2.04 bits per heavy atom. The fourth-order valence-electron chi connectivity index (χ4n) is 2.30. The van der Waals surface area contributed by atoms with Gasteiger partial charge in [-0.2, -0.15) is 4.98 Å². The second-order valence-electron chi connectivity index (χ2n) is 5.09. The fourth-order valence-corrected chi connectivity index (χ4v) is 2.30. The van der Waals surface area contributed by atoms with Gasteiger partial charge in [0.1, 0.15) is 11.3 Å². The van der Waals surface area contributed by atoms with Crippen molar-refractivity contribution in [1.82, 2.24) is 15.3 Å². The van der Waals surface area contributed by atoms with E-state index in [9.17, 15) is 4.79 Å². The van der Waals surface area contributed by atoms with Crippen LogP contribution in [0.2, 0.25) is 0 Å². The number of anilines is 1. The predicted molar refractivity (Wildman–Crippen MR) is 83.0 cm³/mol. The number of nitrogens with one attached hydrogen (secondary N) is 1. The molecule has 0 spiro atoms. The molecule has 1 amide bonds. The Hall–Kier alpha value is -2.96. The number of rotatable bonds is 4. The van der Waals surface area contributed by atoms with E-state index in [0.29, 0.717) is 40.8 Å². The van der Waals surface area contributed by atoms with Gasteiger partial charge in [-0.1, -0.05) is 29.4 Å². The molecule has 0 unspecified atom stereocenters. The van der Waals surface area contributed by atoms with Crippen molar-refractivity contribution in [3.05, 3.63) is 47.2 Å². The lowest BCUT2D eigenvalue weighted by Gasteiger charge is -2.06. The van der Waals surface area contributed by atoms with E-state index in [2.05, 4.69) is 20.6 Å². The van der Waals surface area contributed by atoms with Crippen LogP contribution in [0.3, 0.4) is 0 Å². The van der Waals surface area contributed by atoms with Gasteiger partial charge in [0.05, 0.1) is 5.69 Å². The van der Waals surface area contributed by atoms with E-state index in [-0.39, 0.29) is 5.91 Å². The number of carbonyl (C=O) groups excluding carboxylic acids is 1. The molecule has 118 valence electrons. The van der Waals surface area contributed by atoms with E-state index in [1.807, 2.05) is 19.1 Å². The van der Waals surface area contributed by atoms with E-state index >= 15 is 0 Å². The van der Waals surface area contributed by atoms with Crippen LogP contribution in [-0.4, -0.2) is 21.2 Å². The Balaban J connectivity index is 1.86. The molecule has 0 aliphatic rings. The average Bonchev–Trinajstić information content (AvgIpc) is 3.13. The minimum absolute atomic E-state index is 0.248. The molecule has 0 saturated carbocycles. The van der Waals surface area contributed by atoms with Crippen molar-refractivity contribution in [3.8, 4) is 11.4 Å². The lowest BCUT2D eigenvalue weighted by Crippen LogP contribution is -2.14. The number of nitrogens with zero attached hydrogens (tertiary/aromatic N) is 3. The summed E-state index contributed by atoms with van der Waals surface area (Å²) in [5.74, 6) is 1.22. The van der Waals surface area contributed by atoms with Crippen molar-refractivity contribution in [2.24, 2.45) is 0 Å². The third-order valence-corrected chi connectivity index (χ3v) is 3.40. The molecule has 0 radical (unpaired) electrons. The number of carbonyl (C=O) groups is 1. The van der Waals surface area contributed by atoms with Gasteiger partial charge >= 0.3 is 0 Å². The molecule has 0 aliphatic heterocycles. The first-order valence-corrected chi connectivity index (χ1v) is 7.25. The van der Waals surface area contributed by atoms with Gasteiger partial charge < -0.3 is 14.4 Å². The Kier molecular flexibility index (Phi) is 3.92. The summed E-state index contributed by atoms with van der Waals surface area (Å²) in [5, 5.41) is 10.6. The number of hydrogen-bond acceptors (Lipinski definition) is 6. The Morgan fingerprint density at radius 3 is 2.74 bits per heavy atom. The molecular formula is C16H16N4O3. The van der Waals surface area contributed by atoms with Crippen molar-refractivity contribution >= 4 is 11.6 Å². The lowest BCUT2D eigenvalue weighted by molar-refractivity contribution is 0.102. The summed E-state index contributed by atoms with van der Waals surface area (Å²) in [6.07, 6.45) is 0.627. The van der Waals surface area contributed by atoms with Crippen molar-refractivity contribution < 1.29 is 13.8 Å². The molecule has 0 fully saturated rings. The molecule has 7 nitrogen and oxygen atoms in total. The van der Waals surface area contributed by atoms with E-state index < -0.39 is 0 Å². The van der Waals surface area contributed by atoms with Gasteiger partial charge in [0, 0.05) is 18.2 Å². The highest BCUT2D eigenvalue weighted by atomic mass is 16.5. The SMILES string of the molecule is CCc1noc(C)c1C(=O)Nc1cccc(-c2noc(C)n2)c1. The Bertz CT molecular complexity index is 851. The zero-order chi connectivity index (χ0) is 16.4. The van der Waals surface area contributed by atoms with Crippen LogP contribution >= 0.6 is 0 Å². The van der Waals surface area contributed by atoms with Crippen molar-refractivity contribution in [1.29, 1.82) is 0 Å². The third-order valence-electron chi connectivity index (χ3n) is 3.40. The molecule has 3 aromatic rings. The van der Waals surface area contributed by atoms with Crippen LogP contribution in [-0.2, 0) is 6.42 Å². The molecule has 0 saturated heterocycles. The summed E-state index contributed by atoms with van der Waals surface area (Å²) in [6.45, 7) is 5.37. The van der Waals surface area contributed by atoms with Crippen LogP contribution < -0.4 is 5.32 Å². The van der Waals surface area contributed by atoms with Crippen molar-refractivity contribution in [2.75, 3.05) is 5.32 Å². The van der Waals surface area contributed by atoms with Gasteiger partial charge in [0.15, 0.2) is 0 Å². The molecule has 0 atom stereocenters. The molecule has 1 N–H and O–H groups in total. The van der Waals surface area contributed by atoms with E-state index in [1.165, 1.54) is 0 Å². The third kappa shape index (κ3) is 2.98. The largest absolute Gasteiger partial charge is 0.361 e. The molecule has 7 heteroatoms. The van der Waals surface area contributed by atoms with Crippen LogP contribution in [0, 0.1) is 13.8 Å². The second kappa shape index (κ2) is 6.04. The Morgan fingerprint density at radius 1 is 1.22 bits per heavy atom. The topological polar surface area (TPSA) is 94.1 Å². The average molecular weight is 312 g/mol. The summed E-state index contributed by atoms with van der Waals surface area (Å²) in [6, 6.07) is 7.25. The van der Waals surface area contributed by atoms with Gasteiger partial charge in [-0.15, -0.1) is 0 Å².